The van der Waals surface area contributed by atoms with Gasteiger partial charge in [-0.1, -0.05) is 23.7 Å². The third kappa shape index (κ3) is 4.10. The number of halogens is 1. The number of aromatic nitrogens is 2. The van der Waals surface area contributed by atoms with Crippen LogP contribution in [0.2, 0.25) is 5.15 Å². The second-order valence-corrected chi connectivity index (χ2v) is 8.51. The van der Waals surface area contributed by atoms with Gasteiger partial charge in [0.05, 0.1) is 0 Å². The molecule has 1 aliphatic heterocycles. The van der Waals surface area contributed by atoms with Gasteiger partial charge in [0.2, 0.25) is 0 Å². The van der Waals surface area contributed by atoms with Crippen molar-refractivity contribution in [1.29, 1.82) is 0 Å². The van der Waals surface area contributed by atoms with E-state index in [0.29, 0.717) is 11.1 Å². The number of ether oxygens (including phenoxy) is 1. The molecule has 1 aliphatic carbocycles. The molecule has 30 heavy (non-hydrogen) atoms. The summed E-state index contributed by atoms with van der Waals surface area (Å²) in [4.78, 5) is 18.4. The number of hydrogen-bond donors (Lipinski definition) is 1. The minimum atomic E-state index is 0.0662. The lowest BCUT2D eigenvalue weighted by Gasteiger charge is -2.32. The quantitative estimate of drug-likeness (QED) is 0.608. The van der Waals surface area contributed by atoms with Crippen LogP contribution in [0, 0.1) is 5.92 Å². The highest BCUT2D eigenvalue weighted by Gasteiger charge is 2.26. The fraction of sp³-hybridized carbons (Fsp3) is 0.391. The Morgan fingerprint density at radius 2 is 1.87 bits per heavy atom. The maximum absolute atomic E-state index is 12.2. The van der Waals surface area contributed by atoms with Crippen LogP contribution in [0.4, 0.5) is 4.79 Å². The van der Waals surface area contributed by atoms with Crippen molar-refractivity contribution in [3.05, 3.63) is 53.9 Å². The Hall–Kier alpha value is -2.73. The summed E-state index contributed by atoms with van der Waals surface area (Å²) in [5.41, 5.74) is 2.82. The number of rotatable bonds is 5. The smallest absolute Gasteiger partial charge is 0.317 e. The average molecular weight is 425 g/mol. The van der Waals surface area contributed by atoms with Crippen LogP contribution in [-0.2, 0) is 0 Å². The number of hydrogen-bond acceptors (Lipinski definition) is 3. The maximum Gasteiger partial charge on any atom is 0.317 e. The van der Waals surface area contributed by atoms with Crippen LogP contribution >= 0.6 is 11.6 Å². The summed E-state index contributed by atoms with van der Waals surface area (Å²) in [6.45, 7) is 2.29. The Kier molecular flexibility index (Phi) is 5.25. The summed E-state index contributed by atoms with van der Waals surface area (Å²) < 4.78 is 8.03. The molecule has 0 radical (unpaired) electrons. The molecule has 7 heteroatoms. The lowest BCUT2D eigenvalue weighted by atomic mass is 10.1. The second-order valence-electron chi connectivity index (χ2n) is 8.15. The van der Waals surface area contributed by atoms with Gasteiger partial charge < -0.3 is 15.0 Å². The first-order valence-electron chi connectivity index (χ1n) is 10.6. The van der Waals surface area contributed by atoms with Crippen molar-refractivity contribution in [3.63, 3.8) is 0 Å². The summed E-state index contributed by atoms with van der Waals surface area (Å²) in [7, 11) is 0. The number of benzene rings is 1. The zero-order valence-electron chi connectivity index (χ0n) is 16.8. The third-order valence-electron chi connectivity index (χ3n) is 5.94. The van der Waals surface area contributed by atoms with E-state index in [9.17, 15) is 4.79 Å². The van der Waals surface area contributed by atoms with Crippen molar-refractivity contribution in [3.8, 4) is 16.9 Å². The second kappa shape index (κ2) is 8.19. The largest absolute Gasteiger partial charge is 0.490 e. The molecule has 2 amide bonds. The van der Waals surface area contributed by atoms with Crippen molar-refractivity contribution < 1.29 is 9.53 Å². The first kappa shape index (κ1) is 19.2. The number of carbonyl (C=O) groups excluding carboxylic acids is 1. The molecule has 156 valence electrons. The number of urea groups is 1. The molecule has 2 fully saturated rings. The number of nitrogens with one attached hydrogen (secondary N) is 1. The number of carbonyl (C=O) groups is 1. The minimum absolute atomic E-state index is 0.0662. The van der Waals surface area contributed by atoms with Crippen LogP contribution in [0.15, 0.2) is 48.8 Å². The van der Waals surface area contributed by atoms with Gasteiger partial charge in [-0.15, -0.1) is 0 Å². The van der Waals surface area contributed by atoms with Crippen LogP contribution in [0.25, 0.3) is 16.8 Å². The highest BCUT2D eigenvalue weighted by molar-refractivity contribution is 6.32. The fourth-order valence-corrected chi connectivity index (χ4v) is 4.24. The van der Waals surface area contributed by atoms with E-state index in [1.165, 1.54) is 12.8 Å². The molecule has 1 N–H and O–H groups in total. The molecule has 1 saturated carbocycles. The van der Waals surface area contributed by atoms with E-state index in [0.717, 1.165) is 55.0 Å². The number of fused-ring (bicyclic) bond motifs is 1. The molecule has 1 saturated heterocycles. The number of imidazole rings is 1. The highest BCUT2D eigenvalue weighted by atomic mass is 35.5. The minimum Gasteiger partial charge on any atom is -0.490 e. The van der Waals surface area contributed by atoms with E-state index in [1.807, 2.05) is 51.9 Å². The normalized spacial score (nSPS) is 17.3. The van der Waals surface area contributed by atoms with Crippen LogP contribution in [0.5, 0.6) is 5.75 Å². The van der Waals surface area contributed by atoms with Gasteiger partial charge in [-0.2, -0.15) is 0 Å². The lowest BCUT2D eigenvalue weighted by Crippen LogP contribution is -2.46. The van der Waals surface area contributed by atoms with Gasteiger partial charge in [0.1, 0.15) is 22.7 Å². The van der Waals surface area contributed by atoms with Crippen molar-refractivity contribution in [2.45, 2.75) is 31.8 Å². The van der Waals surface area contributed by atoms with Gasteiger partial charge in [-0.3, -0.25) is 4.40 Å². The zero-order valence-corrected chi connectivity index (χ0v) is 17.5. The van der Waals surface area contributed by atoms with Gasteiger partial charge in [-0.05, 0) is 48.6 Å². The first-order chi connectivity index (χ1) is 14.7. The third-order valence-corrected chi connectivity index (χ3v) is 6.32. The van der Waals surface area contributed by atoms with Gasteiger partial charge in [-0.25, -0.2) is 9.78 Å². The highest BCUT2D eigenvalue weighted by Crippen LogP contribution is 2.31. The van der Waals surface area contributed by atoms with Crippen LogP contribution in [0.1, 0.15) is 25.7 Å². The van der Waals surface area contributed by atoms with Crippen molar-refractivity contribution in [2.24, 2.45) is 5.92 Å². The molecule has 0 unspecified atom stereocenters. The Morgan fingerprint density at radius 3 is 2.60 bits per heavy atom. The monoisotopic (exact) mass is 424 g/mol. The van der Waals surface area contributed by atoms with Crippen LogP contribution in [0.3, 0.4) is 0 Å². The topological polar surface area (TPSA) is 58.9 Å². The number of piperidine rings is 1. The molecule has 3 heterocycles. The summed E-state index contributed by atoms with van der Waals surface area (Å²) in [5.74, 6) is 1.55. The SMILES string of the molecule is O=C(NCC1CC1)N1CCC(Oc2ccc(-c3ccc4nccn4c3Cl)cc2)CC1. The Bertz CT molecular complexity index is 1040. The van der Waals surface area contributed by atoms with Gasteiger partial charge in [0.15, 0.2) is 0 Å². The Labute approximate surface area is 180 Å². The number of pyridine rings is 1. The standard InChI is InChI=1S/C23H25ClN4O2/c24-22-20(7-8-21-25-11-14-28(21)22)17-3-5-18(6-4-17)30-19-9-12-27(13-10-19)23(29)26-15-16-1-2-16/h3-8,11,14,16,19H,1-2,9-10,12-13,15H2,(H,26,29). The van der Waals surface area contributed by atoms with E-state index in [2.05, 4.69) is 10.3 Å². The van der Waals surface area contributed by atoms with E-state index in [1.54, 1.807) is 6.20 Å². The van der Waals surface area contributed by atoms with E-state index < -0.39 is 0 Å². The van der Waals surface area contributed by atoms with Crippen molar-refractivity contribution >= 4 is 23.3 Å². The number of amides is 2. The fourth-order valence-electron chi connectivity index (χ4n) is 3.92. The predicted octanol–water partition coefficient (Wildman–Crippen LogP) is 4.62. The summed E-state index contributed by atoms with van der Waals surface area (Å²) in [6.07, 6.45) is 7.93. The van der Waals surface area contributed by atoms with E-state index in [-0.39, 0.29) is 12.1 Å². The molecule has 0 spiro atoms. The van der Waals surface area contributed by atoms with Crippen molar-refractivity contribution in [1.82, 2.24) is 19.6 Å². The van der Waals surface area contributed by atoms with Crippen LogP contribution in [-0.4, -0.2) is 46.1 Å². The Balaban J connectivity index is 1.17. The predicted molar refractivity (Wildman–Crippen MR) is 117 cm³/mol. The number of nitrogens with zero attached hydrogens (tertiary/aromatic N) is 3. The summed E-state index contributed by atoms with van der Waals surface area (Å²) in [5, 5.41) is 3.69. The summed E-state index contributed by atoms with van der Waals surface area (Å²) in [6, 6.07) is 12.0. The van der Waals surface area contributed by atoms with Crippen LogP contribution < -0.4 is 10.1 Å². The molecule has 6 nitrogen and oxygen atoms in total. The van der Waals surface area contributed by atoms with Gasteiger partial charge in [0, 0.05) is 50.4 Å². The maximum atomic E-state index is 12.2. The van der Waals surface area contributed by atoms with Gasteiger partial charge in [0.25, 0.3) is 0 Å². The molecule has 2 aliphatic rings. The molecule has 0 bridgehead atoms. The van der Waals surface area contributed by atoms with E-state index >= 15 is 0 Å². The first-order valence-corrected chi connectivity index (χ1v) is 11.0. The zero-order chi connectivity index (χ0) is 20.5. The molecule has 3 aromatic rings. The molecule has 1 aromatic carbocycles. The molecule has 0 atom stereocenters. The lowest BCUT2D eigenvalue weighted by molar-refractivity contribution is 0.111. The molecule has 2 aromatic heterocycles. The molecule has 5 rings (SSSR count). The summed E-state index contributed by atoms with van der Waals surface area (Å²) >= 11 is 6.55. The van der Waals surface area contributed by atoms with Gasteiger partial charge >= 0.3 is 6.03 Å². The molecular weight excluding hydrogens is 400 g/mol. The Morgan fingerprint density at radius 1 is 1.10 bits per heavy atom. The molecular formula is C23H25ClN4O2. The van der Waals surface area contributed by atoms with Crippen molar-refractivity contribution in [2.75, 3.05) is 19.6 Å². The number of likely N-dealkylation sites (tertiary alicyclic amines) is 1. The van der Waals surface area contributed by atoms with E-state index in [4.69, 9.17) is 16.3 Å². The average Bonchev–Trinajstić information content (AvgIpc) is 3.48.